The number of nitrogens with one attached hydrogen (secondary N) is 2. The molecule has 29 heavy (non-hydrogen) atoms. The number of anilines is 1. The Morgan fingerprint density at radius 1 is 1.28 bits per heavy atom. The number of nitrogens with zero attached hydrogens (tertiary/aromatic N) is 1. The monoisotopic (exact) mass is 413 g/mol. The van der Waals surface area contributed by atoms with Crippen molar-refractivity contribution in [1.29, 1.82) is 0 Å². The normalized spacial score (nSPS) is 18.8. The van der Waals surface area contributed by atoms with E-state index in [2.05, 4.69) is 10.6 Å². The van der Waals surface area contributed by atoms with Crippen LogP contribution in [0.4, 0.5) is 5.00 Å². The molecule has 1 atom stereocenters. The quantitative estimate of drug-likeness (QED) is 0.682. The maximum Gasteiger partial charge on any atom is 0.258 e. The van der Waals surface area contributed by atoms with Crippen LogP contribution in [-0.4, -0.2) is 55.5 Å². The van der Waals surface area contributed by atoms with Crippen LogP contribution in [0, 0.1) is 5.92 Å². The highest BCUT2D eigenvalue weighted by Crippen LogP contribution is 2.38. The molecule has 7 nitrogen and oxygen atoms in total. The lowest BCUT2D eigenvalue weighted by Crippen LogP contribution is -2.55. The number of carbonyl (C=O) groups is 3. The summed E-state index contributed by atoms with van der Waals surface area (Å²) in [6, 6.07) is 10.2. The number of hydrogen-bond acceptors (Lipinski definition) is 5. The highest BCUT2D eigenvalue weighted by molar-refractivity contribution is 7.20. The van der Waals surface area contributed by atoms with Crippen LogP contribution >= 0.6 is 11.3 Å². The van der Waals surface area contributed by atoms with Crippen molar-refractivity contribution < 1.29 is 19.1 Å². The summed E-state index contributed by atoms with van der Waals surface area (Å²) in [5.41, 5.74) is 1.37. The third kappa shape index (κ3) is 4.18. The van der Waals surface area contributed by atoms with Crippen LogP contribution in [0.15, 0.2) is 36.4 Å². The minimum absolute atomic E-state index is 0.153. The molecule has 4 rings (SSSR count). The smallest absolute Gasteiger partial charge is 0.258 e. The van der Waals surface area contributed by atoms with Crippen LogP contribution < -0.4 is 10.6 Å². The Hall–Kier alpha value is -2.71. The van der Waals surface area contributed by atoms with E-state index >= 15 is 0 Å². The number of rotatable bonds is 7. The molecule has 1 saturated carbocycles. The first-order valence-electron chi connectivity index (χ1n) is 9.66. The van der Waals surface area contributed by atoms with E-state index in [-0.39, 0.29) is 19.1 Å². The van der Waals surface area contributed by atoms with Crippen LogP contribution in [0.5, 0.6) is 0 Å². The third-order valence-corrected chi connectivity index (χ3v) is 6.22. The van der Waals surface area contributed by atoms with E-state index in [1.54, 1.807) is 6.07 Å². The molecule has 152 valence electrons. The number of ether oxygens (including phenoxy) is 1. The summed E-state index contributed by atoms with van der Waals surface area (Å²) in [6.07, 6.45) is 2.17. The van der Waals surface area contributed by atoms with Gasteiger partial charge in [-0.3, -0.25) is 14.4 Å². The van der Waals surface area contributed by atoms with E-state index in [0.717, 1.165) is 23.3 Å². The van der Waals surface area contributed by atoms with Gasteiger partial charge in [0.2, 0.25) is 0 Å². The van der Waals surface area contributed by atoms with Gasteiger partial charge in [0.05, 0.1) is 12.2 Å². The van der Waals surface area contributed by atoms with Gasteiger partial charge in [-0.05, 0) is 30.4 Å². The first kappa shape index (κ1) is 19.6. The Morgan fingerprint density at radius 2 is 2.03 bits per heavy atom. The molecule has 1 unspecified atom stereocenters. The van der Waals surface area contributed by atoms with E-state index < -0.39 is 17.9 Å². The molecule has 8 heteroatoms. The molecule has 2 aromatic rings. The average molecular weight is 413 g/mol. The maximum absolute atomic E-state index is 13.3. The summed E-state index contributed by atoms with van der Waals surface area (Å²) in [7, 11) is 1.52. The number of fused-ring (bicyclic) bond motifs is 1. The van der Waals surface area contributed by atoms with Crippen molar-refractivity contribution in [2.45, 2.75) is 18.9 Å². The standard InChI is InChI=1S/C21H23N3O4S/c1-28-10-9-24-17(18(25)22-12-13-7-8-13)19(26)23-20-15(21(24)27)11-16(29-20)14-5-3-2-4-6-14/h2-6,11,13,17H,7-10,12H2,1H3,(H,22,25)(H,23,26). The minimum Gasteiger partial charge on any atom is -0.383 e. The molecular formula is C21H23N3O4S. The second-order valence-corrected chi connectivity index (χ2v) is 8.34. The van der Waals surface area contributed by atoms with Crippen molar-refractivity contribution in [1.82, 2.24) is 10.2 Å². The summed E-state index contributed by atoms with van der Waals surface area (Å²) in [4.78, 5) is 41.2. The summed E-state index contributed by atoms with van der Waals surface area (Å²) in [6.45, 7) is 0.922. The highest BCUT2D eigenvalue weighted by Gasteiger charge is 2.41. The molecule has 3 amide bonds. The van der Waals surface area contributed by atoms with Gasteiger partial charge in [0.1, 0.15) is 5.00 Å². The van der Waals surface area contributed by atoms with Crippen molar-refractivity contribution in [2.75, 3.05) is 32.1 Å². The van der Waals surface area contributed by atoms with Crippen molar-refractivity contribution in [2.24, 2.45) is 5.92 Å². The van der Waals surface area contributed by atoms with E-state index in [4.69, 9.17) is 4.74 Å². The molecule has 1 aliphatic carbocycles. The maximum atomic E-state index is 13.3. The summed E-state index contributed by atoms with van der Waals surface area (Å²) >= 11 is 1.33. The number of thiophene rings is 1. The van der Waals surface area contributed by atoms with E-state index in [9.17, 15) is 14.4 Å². The van der Waals surface area contributed by atoms with Gasteiger partial charge in [-0.15, -0.1) is 11.3 Å². The average Bonchev–Trinajstić information content (AvgIpc) is 3.48. The SMILES string of the molecule is COCCN1C(=O)c2cc(-c3ccccc3)sc2NC(=O)C1C(=O)NCC1CC1. The number of amides is 3. The number of benzene rings is 1. The van der Waals surface area contributed by atoms with Gasteiger partial charge in [-0.2, -0.15) is 0 Å². The molecular weight excluding hydrogens is 390 g/mol. The molecule has 1 aromatic heterocycles. The van der Waals surface area contributed by atoms with Crippen LogP contribution in [0.3, 0.4) is 0 Å². The molecule has 1 aliphatic heterocycles. The molecule has 2 heterocycles. The fourth-order valence-electron chi connectivity index (χ4n) is 3.33. The lowest BCUT2D eigenvalue weighted by Gasteiger charge is -2.27. The van der Waals surface area contributed by atoms with Crippen LogP contribution in [0.1, 0.15) is 23.2 Å². The van der Waals surface area contributed by atoms with Crippen molar-refractivity contribution in [3.05, 3.63) is 42.0 Å². The summed E-state index contributed by atoms with van der Waals surface area (Å²) in [5.74, 6) is -0.813. The number of hydrogen-bond donors (Lipinski definition) is 2. The Bertz CT molecular complexity index is 923. The highest BCUT2D eigenvalue weighted by atomic mass is 32.1. The number of methoxy groups -OCH3 is 1. The zero-order chi connectivity index (χ0) is 20.4. The Labute approximate surface area is 173 Å². The molecule has 2 N–H and O–H groups in total. The molecule has 1 aromatic carbocycles. The topological polar surface area (TPSA) is 87.7 Å². The van der Waals surface area contributed by atoms with Crippen molar-refractivity contribution in [3.8, 4) is 10.4 Å². The van der Waals surface area contributed by atoms with E-state index in [1.165, 1.54) is 23.3 Å². The third-order valence-electron chi connectivity index (χ3n) is 5.12. The largest absolute Gasteiger partial charge is 0.383 e. The molecule has 0 saturated heterocycles. The molecule has 0 bridgehead atoms. The van der Waals surface area contributed by atoms with Gasteiger partial charge in [-0.25, -0.2) is 0 Å². The second-order valence-electron chi connectivity index (χ2n) is 7.29. The fraction of sp³-hybridized carbons (Fsp3) is 0.381. The molecule has 1 fully saturated rings. The first-order chi connectivity index (χ1) is 14.1. The summed E-state index contributed by atoms with van der Waals surface area (Å²) < 4.78 is 5.11. The molecule has 2 aliphatic rings. The van der Waals surface area contributed by atoms with Gasteiger partial charge in [0.15, 0.2) is 6.04 Å². The second kappa shape index (κ2) is 8.34. The molecule has 0 radical (unpaired) electrons. The van der Waals surface area contributed by atoms with Gasteiger partial charge >= 0.3 is 0 Å². The van der Waals surface area contributed by atoms with Gasteiger partial charge in [0, 0.05) is 25.1 Å². The minimum atomic E-state index is -1.21. The van der Waals surface area contributed by atoms with E-state index in [1.807, 2.05) is 30.3 Å². The van der Waals surface area contributed by atoms with Crippen LogP contribution in [0.2, 0.25) is 0 Å². The molecule has 0 spiro atoms. The van der Waals surface area contributed by atoms with Crippen LogP contribution in [0.25, 0.3) is 10.4 Å². The number of carbonyl (C=O) groups excluding carboxylic acids is 3. The van der Waals surface area contributed by atoms with Gasteiger partial charge in [0.25, 0.3) is 17.7 Å². The Morgan fingerprint density at radius 3 is 2.72 bits per heavy atom. The zero-order valence-corrected chi connectivity index (χ0v) is 17.0. The van der Waals surface area contributed by atoms with E-state index in [0.29, 0.717) is 23.0 Å². The van der Waals surface area contributed by atoms with Gasteiger partial charge in [-0.1, -0.05) is 30.3 Å². The predicted molar refractivity (Wildman–Crippen MR) is 111 cm³/mol. The fourth-order valence-corrected chi connectivity index (χ4v) is 4.38. The summed E-state index contributed by atoms with van der Waals surface area (Å²) in [5, 5.41) is 6.09. The lowest BCUT2D eigenvalue weighted by atomic mass is 10.1. The van der Waals surface area contributed by atoms with Crippen LogP contribution in [-0.2, 0) is 14.3 Å². The van der Waals surface area contributed by atoms with Crippen molar-refractivity contribution in [3.63, 3.8) is 0 Å². The first-order valence-corrected chi connectivity index (χ1v) is 10.5. The Balaban J connectivity index is 1.64. The lowest BCUT2D eigenvalue weighted by molar-refractivity contribution is -0.133. The van der Waals surface area contributed by atoms with Gasteiger partial charge < -0.3 is 20.3 Å². The van der Waals surface area contributed by atoms with Crippen molar-refractivity contribution >= 4 is 34.1 Å². The predicted octanol–water partition coefficient (Wildman–Crippen LogP) is 2.35. The Kier molecular flexibility index (Phi) is 5.64. The zero-order valence-electron chi connectivity index (χ0n) is 16.1.